The molecule has 1 aliphatic heterocycles. The highest BCUT2D eigenvalue weighted by atomic mass is 32.2. The second-order valence-corrected chi connectivity index (χ2v) is 5.50. The van der Waals surface area contributed by atoms with Crippen LogP contribution in [0, 0.1) is 6.92 Å². The normalized spacial score (nSPS) is 18.6. The Kier molecular flexibility index (Phi) is 3.25. The van der Waals surface area contributed by atoms with Gasteiger partial charge < -0.3 is 4.74 Å². The summed E-state index contributed by atoms with van der Waals surface area (Å²) >= 11 is 1.41. The zero-order valence-electron chi connectivity index (χ0n) is 10.4. The number of carbonyl (C=O) groups excluding carboxylic acids is 1. The van der Waals surface area contributed by atoms with Crippen LogP contribution >= 0.6 is 11.8 Å². The Morgan fingerprint density at radius 2 is 2.26 bits per heavy atom. The number of esters is 1. The van der Waals surface area contributed by atoms with Crippen LogP contribution in [-0.2, 0) is 9.53 Å². The summed E-state index contributed by atoms with van der Waals surface area (Å²) in [6.07, 6.45) is 2.40. The quantitative estimate of drug-likeness (QED) is 0.802. The molecule has 2 aromatic rings. The van der Waals surface area contributed by atoms with Gasteiger partial charge in [0.2, 0.25) is 0 Å². The van der Waals surface area contributed by atoms with Gasteiger partial charge in [-0.1, -0.05) is 30.0 Å². The molecule has 0 N–H and O–H groups in total. The average Bonchev–Trinajstić information content (AvgIpc) is 3.01. The van der Waals surface area contributed by atoms with Crippen LogP contribution in [0.4, 0.5) is 0 Å². The Hall–Kier alpha value is -1.82. The second kappa shape index (κ2) is 5.05. The van der Waals surface area contributed by atoms with E-state index in [1.165, 1.54) is 11.8 Å². The van der Waals surface area contributed by atoms with Crippen LogP contribution in [0.3, 0.4) is 0 Å². The first-order chi connectivity index (χ1) is 9.25. The molecule has 0 unspecified atom stereocenters. The summed E-state index contributed by atoms with van der Waals surface area (Å²) in [6.45, 7) is 2.53. The molecule has 1 aromatic heterocycles. The largest absolute Gasteiger partial charge is 0.465 e. The van der Waals surface area contributed by atoms with Crippen molar-refractivity contribution < 1.29 is 9.53 Å². The number of aromatic nitrogens is 3. The van der Waals surface area contributed by atoms with E-state index in [0.717, 1.165) is 22.8 Å². The lowest BCUT2D eigenvalue weighted by Crippen LogP contribution is -2.11. The molecule has 1 aromatic carbocycles. The van der Waals surface area contributed by atoms with Crippen LogP contribution in [0.1, 0.15) is 12.0 Å². The zero-order chi connectivity index (χ0) is 13.2. The first kappa shape index (κ1) is 12.2. The third-order valence-electron chi connectivity index (χ3n) is 3.03. The Morgan fingerprint density at radius 1 is 1.42 bits per heavy atom. The minimum Gasteiger partial charge on any atom is -0.465 e. The van der Waals surface area contributed by atoms with Crippen molar-refractivity contribution in [2.75, 3.05) is 6.61 Å². The standard InChI is InChI=1S/C13H13N3O2S/c1-9-4-2-3-5-10(9)16-8-14-15-13(16)19-11-6-7-18-12(11)17/h2-5,8,11H,6-7H2,1H3/t11-/m1/s1. The van der Waals surface area contributed by atoms with Crippen LogP contribution < -0.4 is 0 Å². The van der Waals surface area contributed by atoms with Crippen molar-refractivity contribution in [2.45, 2.75) is 23.8 Å². The average molecular weight is 275 g/mol. The van der Waals surface area contributed by atoms with E-state index in [9.17, 15) is 4.79 Å². The van der Waals surface area contributed by atoms with Crippen molar-refractivity contribution >= 4 is 17.7 Å². The summed E-state index contributed by atoms with van der Waals surface area (Å²) in [5.41, 5.74) is 2.17. The van der Waals surface area contributed by atoms with Gasteiger partial charge in [0.1, 0.15) is 11.6 Å². The van der Waals surface area contributed by atoms with E-state index in [2.05, 4.69) is 10.2 Å². The molecule has 6 heteroatoms. The summed E-state index contributed by atoms with van der Waals surface area (Å²) < 4.78 is 6.87. The Bertz CT molecular complexity index is 611. The topological polar surface area (TPSA) is 57.0 Å². The molecule has 1 atom stereocenters. The maximum Gasteiger partial charge on any atom is 0.319 e. The molecule has 1 saturated heterocycles. The summed E-state index contributed by atoms with van der Waals surface area (Å²) in [5, 5.41) is 8.59. The maximum atomic E-state index is 11.5. The van der Waals surface area contributed by atoms with Crippen molar-refractivity contribution in [2.24, 2.45) is 0 Å². The first-order valence-corrected chi connectivity index (χ1v) is 6.93. The van der Waals surface area contributed by atoms with E-state index in [1.807, 2.05) is 35.8 Å². The van der Waals surface area contributed by atoms with Gasteiger partial charge in [0.25, 0.3) is 0 Å². The van der Waals surface area contributed by atoms with Crippen LogP contribution in [0.15, 0.2) is 35.7 Å². The van der Waals surface area contributed by atoms with E-state index >= 15 is 0 Å². The number of hydrogen-bond donors (Lipinski definition) is 0. The second-order valence-electron chi connectivity index (χ2n) is 4.33. The number of nitrogens with zero attached hydrogens (tertiary/aromatic N) is 3. The van der Waals surface area contributed by atoms with Gasteiger partial charge in [-0.25, -0.2) is 0 Å². The maximum absolute atomic E-state index is 11.5. The Balaban J connectivity index is 1.90. The number of rotatable bonds is 3. The van der Waals surface area contributed by atoms with Gasteiger partial charge >= 0.3 is 5.97 Å². The number of hydrogen-bond acceptors (Lipinski definition) is 5. The lowest BCUT2D eigenvalue weighted by atomic mass is 10.2. The molecule has 0 aliphatic carbocycles. The molecule has 0 saturated carbocycles. The van der Waals surface area contributed by atoms with E-state index in [4.69, 9.17) is 4.74 Å². The van der Waals surface area contributed by atoms with Gasteiger partial charge in [-0.15, -0.1) is 10.2 Å². The van der Waals surface area contributed by atoms with E-state index < -0.39 is 0 Å². The number of aryl methyl sites for hydroxylation is 1. The Labute approximate surface area is 115 Å². The first-order valence-electron chi connectivity index (χ1n) is 6.05. The van der Waals surface area contributed by atoms with Crippen molar-refractivity contribution in [1.82, 2.24) is 14.8 Å². The van der Waals surface area contributed by atoms with Crippen molar-refractivity contribution in [3.05, 3.63) is 36.2 Å². The fourth-order valence-electron chi connectivity index (χ4n) is 2.02. The highest BCUT2D eigenvalue weighted by molar-refractivity contribution is 8.00. The number of para-hydroxylation sites is 1. The Morgan fingerprint density at radius 3 is 3.00 bits per heavy atom. The van der Waals surface area contributed by atoms with E-state index in [1.54, 1.807) is 6.33 Å². The summed E-state index contributed by atoms with van der Waals surface area (Å²) in [6, 6.07) is 8.01. The minimum atomic E-state index is -0.174. The predicted molar refractivity (Wildman–Crippen MR) is 71.3 cm³/mol. The molecule has 1 aliphatic rings. The fraction of sp³-hybridized carbons (Fsp3) is 0.308. The molecule has 98 valence electrons. The molecule has 2 heterocycles. The number of benzene rings is 1. The molecule has 0 amide bonds. The highest BCUT2D eigenvalue weighted by Gasteiger charge is 2.29. The molecular formula is C13H13N3O2S. The van der Waals surface area contributed by atoms with Gasteiger partial charge in [0, 0.05) is 6.42 Å². The van der Waals surface area contributed by atoms with E-state index in [-0.39, 0.29) is 11.2 Å². The number of cyclic esters (lactones) is 1. The smallest absolute Gasteiger partial charge is 0.319 e. The van der Waals surface area contributed by atoms with Gasteiger partial charge in [0.05, 0.1) is 12.3 Å². The van der Waals surface area contributed by atoms with Crippen molar-refractivity contribution in [1.29, 1.82) is 0 Å². The lowest BCUT2D eigenvalue weighted by Gasteiger charge is -2.10. The lowest BCUT2D eigenvalue weighted by molar-refractivity contribution is -0.137. The predicted octanol–water partition coefficient (Wildman–Crippen LogP) is 1.98. The molecule has 0 radical (unpaired) electrons. The summed E-state index contributed by atoms with van der Waals surface area (Å²) in [4.78, 5) is 11.5. The molecule has 0 bridgehead atoms. The van der Waals surface area contributed by atoms with Gasteiger partial charge in [-0.3, -0.25) is 9.36 Å². The number of thioether (sulfide) groups is 1. The molecule has 19 heavy (non-hydrogen) atoms. The number of carbonyl (C=O) groups is 1. The van der Waals surface area contributed by atoms with Crippen molar-refractivity contribution in [3.63, 3.8) is 0 Å². The van der Waals surface area contributed by atoms with Gasteiger partial charge in [-0.2, -0.15) is 0 Å². The molecular weight excluding hydrogens is 262 g/mol. The van der Waals surface area contributed by atoms with E-state index in [0.29, 0.717) is 6.61 Å². The molecule has 3 rings (SSSR count). The SMILES string of the molecule is Cc1ccccc1-n1cnnc1S[C@@H]1CCOC1=O. The fourth-order valence-corrected chi connectivity index (χ4v) is 3.00. The third-order valence-corrected chi connectivity index (χ3v) is 4.23. The number of ether oxygens (including phenoxy) is 1. The summed E-state index contributed by atoms with van der Waals surface area (Å²) in [7, 11) is 0. The third kappa shape index (κ3) is 2.35. The zero-order valence-corrected chi connectivity index (χ0v) is 11.3. The van der Waals surface area contributed by atoms with Gasteiger partial charge in [-0.05, 0) is 18.6 Å². The molecule has 1 fully saturated rings. The van der Waals surface area contributed by atoms with Crippen molar-refractivity contribution in [3.8, 4) is 5.69 Å². The molecule has 0 spiro atoms. The molecule has 5 nitrogen and oxygen atoms in total. The van der Waals surface area contributed by atoms with Crippen LogP contribution in [-0.4, -0.2) is 32.6 Å². The van der Waals surface area contributed by atoms with Crippen LogP contribution in [0.25, 0.3) is 5.69 Å². The monoisotopic (exact) mass is 275 g/mol. The van der Waals surface area contributed by atoms with Crippen LogP contribution in [0.5, 0.6) is 0 Å². The van der Waals surface area contributed by atoms with Crippen LogP contribution in [0.2, 0.25) is 0 Å². The minimum absolute atomic E-state index is 0.163. The summed E-state index contributed by atoms with van der Waals surface area (Å²) in [5.74, 6) is -0.163. The van der Waals surface area contributed by atoms with Gasteiger partial charge in [0.15, 0.2) is 5.16 Å². The highest BCUT2D eigenvalue weighted by Crippen LogP contribution is 2.29.